The fourth-order valence-corrected chi connectivity index (χ4v) is 1.17. The summed E-state index contributed by atoms with van der Waals surface area (Å²) in [5.74, 6) is 0.326. The van der Waals surface area contributed by atoms with Crippen LogP contribution < -0.4 is 0 Å². The third kappa shape index (κ3) is 1.66. The molecule has 1 aliphatic heterocycles. The third-order valence-corrected chi connectivity index (χ3v) is 1.89. The lowest BCUT2D eigenvalue weighted by Crippen LogP contribution is -2.19. The van der Waals surface area contributed by atoms with Crippen molar-refractivity contribution in [2.75, 3.05) is 13.2 Å². The Kier molecular flexibility index (Phi) is 2.49. The molecular weight excluding hydrogens is 116 g/mol. The second-order valence-corrected chi connectivity index (χ2v) is 2.71. The van der Waals surface area contributed by atoms with Crippen molar-refractivity contribution in [3.8, 4) is 0 Å². The lowest BCUT2D eigenvalue weighted by Gasteiger charge is -2.14. The second-order valence-electron chi connectivity index (χ2n) is 2.71. The summed E-state index contributed by atoms with van der Waals surface area (Å²) in [5, 5.41) is 8.72. The van der Waals surface area contributed by atoms with E-state index >= 15 is 0 Å². The van der Waals surface area contributed by atoms with E-state index in [2.05, 4.69) is 0 Å². The molecule has 9 heavy (non-hydrogen) atoms. The van der Waals surface area contributed by atoms with E-state index in [4.69, 9.17) is 9.84 Å². The third-order valence-electron chi connectivity index (χ3n) is 1.89. The summed E-state index contributed by atoms with van der Waals surface area (Å²) in [6.07, 6.45) is 2.62. The monoisotopic (exact) mass is 130 g/mol. The minimum absolute atomic E-state index is 0.255. The van der Waals surface area contributed by atoms with Crippen molar-refractivity contribution < 1.29 is 9.84 Å². The summed E-state index contributed by atoms with van der Waals surface area (Å²) in [6.45, 7) is 3.16. The molecule has 0 aromatic rings. The fraction of sp³-hybridized carbons (Fsp3) is 1.00. The average Bonchev–Trinajstić information content (AvgIpc) is 2.37. The highest BCUT2D eigenvalue weighted by Gasteiger charge is 2.20. The lowest BCUT2D eigenvalue weighted by atomic mass is 10.0. The molecular formula is C7H14O2. The topological polar surface area (TPSA) is 29.5 Å². The van der Waals surface area contributed by atoms with Gasteiger partial charge in [-0.2, -0.15) is 0 Å². The van der Waals surface area contributed by atoms with E-state index in [1.54, 1.807) is 0 Å². The zero-order chi connectivity index (χ0) is 6.69. The zero-order valence-electron chi connectivity index (χ0n) is 5.84. The van der Waals surface area contributed by atoms with Gasteiger partial charge in [0.15, 0.2) is 0 Å². The second kappa shape index (κ2) is 3.18. The first kappa shape index (κ1) is 7.03. The first-order chi connectivity index (χ1) is 4.34. The van der Waals surface area contributed by atoms with Crippen LogP contribution in [0.3, 0.4) is 0 Å². The van der Waals surface area contributed by atoms with Crippen LogP contribution in [0.2, 0.25) is 0 Å². The number of aliphatic hydroxyl groups excluding tert-OH is 1. The van der Waals surface area contributed by atoms with Crippen LogP contribution in [0.15, 0.2) is 0 Å². The first-order valence-corrected chi connectivity index (χ1v) is 3.57. The first-order valence-electron chi connectivity index (χ1n) is 3.57. The molecule has 0 saturated carbocycles. The van der Waals surface area contributed by atoms with Gasteiger partial charge in [-0.3, -0.25) is 0 Å². The van der Waals surface area contributed by atoms with Gasteiger partial charge in [-0.15, -0.1) is 0 Å². The molecule has 0 bridgehead atoms. The summed E-state index contributed by atoms with van der Waals surface area (Å²) in [6, 6.07) is 0. The number of hydrogen-bond acceptors (Lipinski definition) is 2. The maximum Gasteiger partial charge on any atom is 0.0623 e. The maximum atomic E-state index is 8.72. The largest absolute Gasteiger partial charge is 0.396 e. The zero-order valence-corrected chi connectivity index (χ0v) is 5.84. The van der Waals surface area contributed by atoms with Crippen molar-refractivity contribution >= 4 is 0 Å². The summed E-state index contributed by atoms with van der Waals surface area (Å²) in [5.41, 5.74) is 0. The Morgan fingerprint density at radius 2 is 2.56 bits per heavy atom. The van der Waals surface area contributed by atoms with Crippen molar-refractivity contribution in [2.45, 2.75) is 25.9 Å². The smallest absolute Gasteiger partial charge is 0.0623 e. The van der Waals surface area contributed by atoms with Gasteiger partial charge in [0.1, 0.15) is 0 Å². The predicted octanol–water partition coefficient (Wildman–Crippen LogP) is 0.794. The molecule has 0 spiro atoms. The van der Waals surface area contributed by atoms with E-state index in [1.807, 2.05) is 6.92 Å². The average molecular weight is 130 g/mol. The molecule has 1 aliphatic rings. The molecule has 1 N–H and O–H groups in total. The van der Waals surface area contributed by atoms with E-state index < -0.39 is 0 Å². The van der Waals surface area contributed by atoms with Crippen molar-refractivity contribution in [1.29, 1.82) is 0 Å². The molecule has 1 saturated heterocycles. The molecule has 0 aromatic carbocycles. The predicted molar refractivity (Wildman–Crippen MR) is 35.2 cm³/mol. The van der Waals surface area contributed by atoms with Gasteiger partial charge >= 0.3 is 0 Å². The summed E-state index contributed by atoms with van der Waals surface area (Å²) >= 11 is 0. The number of ether oxygens (including phenoxy) is 1. The van der Waals surface area contributed by atoms with Gasteiger partial charge < -0.3 is 9.84 Å². The number of hydrogen-bond donors (Lipinski definition) is 1. The SMILES string of the molecule is CC(CO)C1CCCO1. The van der Waals surface area contributed by atoms with Crippen LogP contribution in [-0.2, 0) is 4.74 Å². The highest BCUT2D eigenvalue weighted by Crippen LogP contribution is 2.19. The standard InChI is InChI=1S/C7H14O2/c1-6(5-8)7-3-2-4-9-7/h6-8H,2-5H2,1H3. The molecule has 1 fully saturated rings. The van der Waals surface area contributed by atoms with Crippen LogP contribution in [-0.4, -0.2) is 24.4 Å². The van der Waals surface area contributed by atoms with Gasteiger partial charge in [0.2, 0.25) is 0 Å². The highest BCUT2D eigenvalue weighted by molar-refractivity contribution is 4.69. The minimum Gasteiger partial charge on any atom is -0.396 e. The minimum atomic E-state index is 0.255. The molecule has 0 radical (unpaired) electrons. The summed E-state index contributed by atoms with van der Waals surface area (Å²) in [4.78, 5) is 0. The van der Waals surface area contributed by atoms with Crippen molar-refractivity contribution in [1.82, 2.24) is 0 Å². The van der Waals surface area contributed by atoms with E-state index in [0.717, 1.165) is 19.4 Å². The van der Waals surface area contributed by atoms with Gasteiger partial charge in [0.05, 0.1) is 6.10 Å². The number of rotatable bonds is 2. The van der Waals surface area contributed by atoms with Crippen molar-refractivity contribution in [3.05, 3.63) is 0 Å². The van der Waals surface area contributed by atoms with Crippen LogP contribution in [0.25, 0.3) is 0 Å². The quantitative estimate of drug-likeness (QED) is 0.599. The molecule has 1 rings (SSSR count). The molecule has 2 unspecified atom stereocenters. The molecule has 54 valence electrons. The molecule has 0 aliphatic carbocycles. The van der Waals surface area contributed by atoms with Gasteiger partial charge in [0.25, 0.3) is 0 Å². The number of aliphatic hydroxyl groups is 1. The molecule has 0 aromatic heterocycles. The maximum absolute atomic E-state index is 8.72. The van der Waals surface area contributed by atoms with Gasteiger partial charge in [-0.25, -0.2) is 0 Å². The Labute approximate surface area is 55.8 Å². The van der Waals surface area contributed by atoms with E-state index in [9.17, 15) is 0 Å². The molecule has 1 heterocycles. The van der Waals surface area contributed by atoms with Crippen molar-refractivity contribution in [3.63, 3.8) is 0 Å². The van der Waals surface area contributed by atoms with E-state index in [0.29, 0.717) is 12.0 Å². The van der Waals surface area contributed by atoms with Crippen LogP contribution in [0, 0.1) is 5.92 Å². The Hall–Kier alpha value is -0.0800. The molecule has 2 heteroatoms. The molecule has 2 atom stereocenters. The van der Waals surface area contributed by atoms with E-state index in [1.165, 1.54) is 0 Å². The van der Waals surface area contributed by atoms with Crippen LogP contribution in [0.4, 0.5) is 0 Å². The Morgan fingerprint density at radius 1 is 1.78 bits per heavy atom. The fourth-order valence-electron chi connectivity index (χ4n) is 1.17. The Bertz CT molecular complexity index is 77.0. The molecule has 0 amide bonds. The van der Waals surface area contributed by atoms with Gasteiger partial charge in [0, 0.05) is 19.1 Å². The van der Waals surface area contributed by atoms with Gasteiger partial charge in [-0.1, -0.05) is 6.92 Å². The summed E-state index contributed by atoms with van der Waals surface area (Å²) in [7, 11) is 0. The van der Waals surface area contributed by atoms with Crippen LogP contribution in [0.1, 0.15) is 19.8 Å². The van der Waals surface area contributed by atoms with Gasteiger partial charge in [-0.05, 0) is 12.8 Å². The van der Waals surface area contributed by atoms with Crippen molar-refractivity contribution in [2.24, 2.45) is 5.92 Å². The highest BCUT2D eigenvalue weighted by atomic mass is 16.5. The summed E-state index contributed by atoms with van der Waals surface area (Å²) < 4.78 is 5.35. The lowest BCUT2D eigenvalue weighted by molar-refractivity contribution is 0.0445. The Balaban J connectivity index is 2.24. The normalized spacial score (nSPS) is 30.7. The Morgan fingerprint density at radius 3 is 3.00 bits per heavy atom. The van der Waals surface area contributed by atoms with Crippen LogP contribution in [0.5, 0.6) is 0 Å². The molecule has 2 nitrogen and oxygen atoms in total. The van der Waals surface area contributed by atoms with E-state index in [-0.39, 0.29) is 6.61 Å². The van der Waals surface area contributed by atoms with Crippen LogP contribution >= 0.6 is 0 Å².